The third-order valence-corrected chi connectivity index (χ3v) is 4.95. The van der Waals surface area contributed by atoms with Crippen LogP contribution < -0.4 is 10.1 Å². The molecule has 0 aliphatic carbocycles. The average Bonchev–Trinajstić information content (AvgIpc) is 2.76. The molecule has 0 atom stereocenters. The van der Waals surface area contributed by atoms with Crippen LogP contribution in [0.5, 0.6) is 5.75 Å². The number of halogens is 3. The number of carbonyl (C=O) groups is 2. The molecule has 1 aliphatic heterocycles. The molecule has 1 aromatic heterocycles. The van der Waals surface area contributed by atoms with Crippen molar-refractivity contribution in [3.05, 3.63) is 59.9 Å². The van der Waals surface area contributed by atoms with Gasteiger partial charge in [0.15, 0.2) is 6.61 Å². The first-order valence-electron chi connectivity index (χ1n) is 9.57. The molecule has 1 fully saturated rings. The molecule has 160 valence electrons. The van der Waals surface area contributed by atoms with Crippen molar-refractivity contribution in [1.29, 1.82) is 0 Å². The second-order valence-corrected chi connectivity index (χ2v) is 7.04. The monoisotopic (exact) mass is 421 g/mol. The van der Waals surface area contributed by atoms with Crippen LogP contribution in [0, 0.1) is 5.92 Å². The fourth-order valence-electron chi connectivity index (χ4n) is 3.20. The van der Waals surface area contributed by atoms with E-state index in [9.17, 15) is 22.8 Å². The summed E-state index contributed by atoms with van der Waals surface area (Å²) in [5, 5.41) is 2.89. The Hall–Kier alpha value is -3.10. The largest absolute Gasteiger partial charge is 0.484 e. The molecule has 0 radical (unpaired) electrons. The Morgan fingerprint density at radius 1 is 1.13 bits per heavy atom. The fraction of sp³-hybridized carbons (Fsp3) is 0.381. The van der Waals surface area contributed by atoms with Crippen LogP contribution >= 0.6 is 0 Å². The van der Waals surface area contributed by atoms with Gasteiger partial charge in [-0.15, -0.1) is 0 Å². The van der Waals surface area contributed by atoms with Crippen LogP contribution in [0.15, 0.2) is 48.8 Å². The summed E-state index contributed by atoms with van der Waals surface area (Å²) >= 11 is 0. The van der Waals surface area contributed by atoms with E-state index < -0.39 is 11.7 Å². The highest BCUT2D eigenvalue weighted by molar-refractivity contribution is 5.80. The van der Waals surface area contributed by atoms with Crippen LogP contribution in [0.1, 0.15) is 24.0 Å². The highest BCUT2D eigenvalue weighted by atomic mass is 19.4. The lowest BCUT2D eigenvalue weighted by atomic mass is 9.96. The lowest BCUT2D eigenvalue weighted by Crippen LogP contribution is -2.44. The Morgan fingerprint density at radius 3 is 2.43 bits per heavy atom. The highest BCUT2D eigenvalue weighted by Gasteiger charge is 2.30. The van der Waals surface area contributed by atoms with Crippen LogP contribution in [-0.2, 0) is 22.3 Å². The minimum Gasteiger partial charge on any atom is -0.484 e. The van der Waals surface area contributed by atoms with E-state index in [2.05, 4.69) is 10.3 Å². The third-order valence-electron chi connectivity index (χ3n) is 4.95. The average molecular weight is 421 g/mol. The topological polar surface area (TPSA) is 71.5 Å². The van der Waals surface area contributed by atoms with E-state index in [-0.39, 0.29) is 30.1 Å². The number of aromatic nitrogens is 1. The van der Waals surface area contributed by atoms with E-state index in [0.29, 0.717) is 32.5 Å². The predicted molar refractivity (Wildman–Crippen MR) is 102 cm³/mol. The standard InChI is InChI=1S/C21H22F3N3O3/c22-21(23,24)17-3-5-18(6-4-17)30-14-19(28)27-10-7-16(8-11-27)20(29)26-13-15-2-1-9-25-12-15/h1-6,9,12,16H,7-8,10-11,13-14H2,(H,26,29). The number of likely N-dealkylation sites (tertiary alicyclic amines) is 1. The summed E-state index contributed by atoms with van der Waals surface area (Å²) < 4.78 is 43.0. The smallest absolute Gasteiger partial charge is 0.416 e. The number of hydrogen-bond acceptors (Lipinski definition) is 4. The Labute approximate surface area is 172 Å². The predicted octanol–water partition coefficient (Wildman–Crippen LogP) is 3.03. The molecule has 2 heterocycles. The number of pyridine rings is 1. The fourth-order valence-corrected chi connectivity index (χ4v) is 3.20. The maximum absolute atomic E-state index is 12.6. The molecule has 2 aromatic rings. The molecular weight excluding hydrogens is 399 g/mol. The van der Waals surface area contributed by atoms with Crippen molar-refractivity contribution in [1.82, 2.24) is 15.2 Å². The SMILES string of the molecule is O=C(NCc1cccnc1)C1CCN(C(=O)COc2ccc(C(F)(F)F)cc2)CC1. The van der Waals surface area contributed by atoms with Crippen LogP contribution in [0.25, 0.3) is 0 Å². The van der Waals surface area contributed by atoms with Gasteiger partial charge in [0, 0.05) is 37.9 Å². The molecule has 0 unspecified atom stereocenters. The number of benzene rings is 1. The number of nitrogens with zero attached hydrogens (tertiary/aromatic N) is 2. The van der Waals surface area contributed by atoms with E-state index in [0.717, 1.165) is 17.7 Å². The van der Waals surface area contributed by atoms with Crippen molar-refractivity contribution in [2.45, 2.75) is 25.6 Å². The van der Waals surface area contributed by atoms with Gasteiger partial charge in [-0.1, -0.05) is 6.07 Å². The minimum absolute atomic E-state index is 0.0491. The number of nitrogens with one attached hydrogen (secondary N) is 1. The zero-order valence-corrected chi connectivity index (χ0v) is 16.2. The second kappa shape index (κ2) is 9.60. The first kappa shape index (κ1) is 21.6. The third kappa shape index (κ3) is 5.95. The Kier molecular flexibility index (Phi) is 6.91. The number of carbonyl (C=O) groups excluding carboxylic acids is 2. The lowest BCUT2D eigenvalue weighted by Gasteiger charge is -2.31. The van der Waals surface area contributed by atoms with Gasteiger partial charge in [0.25, 0.3) is 5.91 Å². The molecule has 0 bridgehead atoms. The van der Waals surface area contributed by atoms with Gasteiger partial charge >= 0.3 is 6.18 Å². The van der Waals surface area contributed by atoms with Crippen LogP contribution in [-0.4, -0.2) is 41.4 Å². The van der Waals surface area contributed by atoms with Crippen molar-refractivity contribution in [3.8, 4) is 5.75 Å². The zero-order valence-electron chi connectivity index (χ0n) is 16.2. The van der Waals surface area contributed by atoms with Crippen molar-refractivity contribution in [2.24, 2.45) is 5.92 Å². The molecule has 1 aromatic carbocycles. The Balaban J connectivity index is 1.40. The molecule has 6 nitrogen and oxygen atoms in total. The number of alkyl halides is 3. The lowest BCUT2D eigenvalue weighted by molar-refractivity contribution is -0.138. The molecule has 30 heavy (non-hydrogen) atoms. The molecule has 0 spiro atoms. The van der Waals surface area contributed by atoms with Crippen LogP contribution in [0.2, 0.25) is 0 Å². The zero-order chi connectivity index (χ0) is 21.6. The molecule has 3 rings (SSSR count). The van der Waals surface area contributed by atoms with Crippen molar-refractivity contribution in [3.63, 3.8) is 0 Å². The van der Waals surface area contributed by atoms with E-state index in [4.69, 9.17) is 4.74 Å². The van der Waals surface area contributed by atoms with Gasteiger partial charge in [0.05, 0.1) is 5.56 Å². The summed E-state index contributed by atoms with van der Waals surface area (Å²) in [6.07, 6.45) is 0.0380. The molecule has 1 aliphatic rings. The summed E-state index contributed by atoms with van der Waals surface area (Å²) in [7, 11) is 0. The first-order chi connectivity index (χ1) is 14.3. The van der Waals surface area contributed by atoms with Crippen molar-refractivity contribution >= 4 is 11.8 Å². The van der Waals surface area contributed by atoms with Gasteiger partial charge in [-0.2, -0.15) is 13.2 Å². The number of rotatable bonds is 6. The normalized spacial score (nSPS) is 15.0. The number of ether oxygens (including phenoxy) is 1. The quantitative estimate of drug-likeness (QED) is 0.779. The summed E-state index contributed by atoms with van der Waals surface area (Å²) in [4.78, 5) is 30.2. The summed E-state index contributed by atoms with van der Waals surface area (Å²) in [6, 6.07) is 7.89. The molecule has 1 N–H and O–H groups in total. The molecule has 0 saturated carbocycles. The Bertz CT molecular complexity index is 849. The van der Waals surface area contributed by atoms with E-state index in [1.165, 1.54) is 12.1 Å². The van der Waals surface area contributed by atoms with Crippen molar-refractivity contribution in [2.75, 3.05) is 19.7 Å². The minimum atomic E-state index is -4.41. The van der Waals surface area contributed by atoms with Crippen molar-refractivity contribution < 1.29 is 27.5 Å². The molecule has 2 amide bonds. The van der Waals surface area contributed by atoms with Gasteiger partial charge in [-0.05, 0) is 48.7 Å². The van der Waals surface area contributed by atoms with Crippen LogP contribution in [0.4, 0.5) is 13.2 Å². The Morgan fingerprint density at radius 2 is 1.83 bits per heavy atom. The number of piperidine rings is 1. The van der Waals surface area contributed by atoms with E-state index in [1.54, 1.807) is 23.4 Å². The second-order valence-electron chi connectivity index (χ2n) is 7.04. The molecular formula is C21H22F3N3O3. The van der Waals surface area contributed by atoms with Gasteiger partial charge in [-0.25, -0.2) is 0 Å². The van der Waals surface area contributed by atoms with Gasteiger partial charge in [-0.3, -0.25) is 14.6 Å². The highest BCUT2D eigenvalue weighted by Crippen LogP contribution is 2.30. The molecule has 1 saturated heterocycles. The van der Waals surface area contributed by atoms with Gasteiger partial charge < -0.3 is 15.0 Å². The summed E-state index contributed by atoms with van der Waals surface area (Å²) in [5.74, 6) is -0.279. The van der Waals surface area contributed by atoms with Crippen LogP contribution in [0.3, 0.4) is 0 Å². The summed E-state index contributed by atoms with van der Waals surface area (Å²) in [5.41, 5.74) is 0.143. The van der Waals surface area contributed by atoms with E-state index in [1.807, 2.05) is 6.07 Å². The molecule has 9 heteroatoms. The summed E-state index contributed by atoms with van der Waals surface area (Å²) in [6.45, 7) is 1.01. The number of amides is 2. The maximum atomic E-state index is 12.6. The first-order valence-corrected chi connectivity index (χ1v) is 9.57. The maximum Gasteiger partial charge on any atom is 0.416 e. The van der Waals surface area contributed by atoms with Gasteiger partial charge in [0.2, 0.25) is 5.91 Å². The number of hydrogen-bond donors (Lipinski definition) is 1. The van der Waals surface area contributed by atoms with Gasteiger partial charge in [0.1, 0.15) is 5.75 Å². The van der Waals surface area contributed by atoms with E-state index >= 15 is 0 Å².